The number of hydrogen-bond acceptors (Lipinski definition) is 7. The van der Waals surface area contributed by atoms with Gasteiger partial charge in [-0.05, 0) is 18.2 Å². The predicted molar refractivity (Wildman–Crippen MR) is 83.5 cm³/mol. The SMILES string of the molecule is COc1ccc(OC)c(C2C(C#N)C(=N)SC(=N)C2C#N)c1. The first-order chi connectivity index (χ1) is 10.6. The van der Waals surface area contributed by atoms with Crippen molar-refractivity contribution in [3.05, 3.63) is 23.8 Å². The van der Waals surface area contributed by atoms with Gasteiger partial charge in [0.2, 0.25) is 0 Å². The third kappa shape index (κ3) is 2.63. The van der Waals surface area contributed by atoms with Crippen molar-refractivity contribution in [1.29, 1.82) is 21.3 Å². The molecule has 2 unspecified atom stereocenters. The summed E-state index contributed by atoms with van der Waals surface area (Å²) in [6.07, 6.45) is 0. The summed E-state index contributed by atoms with van der Waals surface area (Å²) in [6, 6.07) is 9.30. The number of rotatable bonds is 3. The van der Waals surface area contributed by atoms with Crippen LogP contribution in [0.5, 0.6) is 11.5 Å². The number of nitriles is 2. The first-order valence-electron chi connectivity index (χ1n) is 6.43. The van der Waals surface area contributed by atoms with Crippen LogP contribution in [-0.2, 0) is 0 Å². The lowest BCUT2D eigenvalue weighted by Crippen LogP contribution is -2.34. The quantitative estimate of drug-likeness (QED) is 0.890. The zero-order chi connectivity index (χ0) is 16.3. The highest BCUT2D eigenvalue weighted by Crippen LogP contribution is 2.46. The van der Waals surface area contributed by atoms with Gasteiger partial charge in [0.1, 0.15) is 23.3 Å². The molecule has 112 valence electrons. The molecule has 1 heterocycles. The molecule has 2 N–H and O–H groups in total. The Morgan fingerprint density at radius 3 is 2.09 bits per heavy atom. The summed E-state index contributed by atoms with van der Waals surface area (Å²) in [5.74, 6) is -1.12. The molecule has 0 aromatic heterocycles. The standard InChI is InChI=1S/C15H14N4O2S/c1-20-8-3-4-12(21-2)9(5-8)13-10(6-16)14(18)22-15(19)11(13)7-17/h3-5,10-11,13,18-19H,1-2H3. The van der Waals surface area contributed by atoms with Crippen molar-refractivity contribution in [2.75, 3.05) is 14.2 Å². The van der Waals surface area contributed by atoms with Crippen LogP contribution in [0, 0.1) is 45.3 Å². The number of methoxy groups -OCH3 is 2. The van der Waals surface area contributed by atoms with E-state index < -0.39 is 17.8 Å². The third-order valence-corrected chi connectivity index (χ3v) is 4.52. The molecule has 2 rings (SSSR count). The minimum Gasteiger partial charge on any atom is -0.497 e. The van der Waals surface area contributed by atoms with Gasteiger partial charge in [-0.1, -0.05) is 11.8 Å². The number of hydrogen-bond donors (Lipinski definition) is 2. The number of thioether (sulfide) groups is 1. The van der Waals surface area contributed by atoms with Gasteiger partial charge in [0.25, 0.3) is 0 Å². The van der Waals surface area contributed by atoms with Crippen molar-refractivity contribution in [2.24, 2.45) is 11.8 Å². The number of benzene rings is 1. The van der Waals surface area contributed by atoms with Crippen molar-refractivity contribution >= 4 is 21.8 Å². The summed E-state index contributed by atoms with van der Waals surface area (Å²) < 4.78 is 10.5. The van der Waals surface area contributed by atoms with E-state index in [4.69, 9.17) is 20.3 Å². The van der Waals surface area contributed by atoms with E-state index in [1.807, 2.05) is 0 Å². The van der Waals surface area contributed by atoms with Gasteiger partial charge < -0.3 is 9.47 Å². The molecule has 1 fully saturated rings. The van der Waals surface area contributed by atoms with Crippen molar-refractivity contribution in [3.8, 4) is 23.6 Å². The Kier molecular flexibility index (Phi) is 4.69. The molecule has 1 aromatic carbocycles. The second-order valence-electron chi connectivity index (χ2n) is 4.68. The van der Waals surface area contributed by atoms with E-state index in [0.29, 0.717) is 17.1 Å². The Bertz CT molecular complexity index is 672. The molecule has 6 nitrogen and oxygen atoms in total. The largest absolute Gasteiger partial charge is 0.497 e. The van der Waals surface area contributed by atoms with Gasteiger partial charge in [0, 0.05) is 11.5 Å². The predicted octanol–water partition coefficient (Wildman–Crippen LogP) is 2.77. The monoisotopic (exact) mass is 314 g/mol. The Morgan fingerprint density at radius 2 is 1.64 bits per heavy atom. The van der Waals surface area contributed by atoms with E-state index in [9.17, 15) is 10.5 Å². The van der Waals surface area contributed by atoms with E-state index in [2.05, 4.69) is 12.1 Å². The van der Waals surface area contributed by atoms with Crippen LogP contribution in [0.3, 0.4) is 0 Å². The second-order valence-corrected chi connectivity index (χ2v) is 5.76. The van der Waals surface area contributed by atoms with Crippen molar-refractivity contribution in [1.82, 2.24) is 0 Å². The summed E-state index contributed by atoms with van der Waals surface area (Å²) in [5.41, 5.74) is 0.606. The van der Waals surface area contributed by atoms with E-state index in [1.165, 1.54) is 14.2 Å². The normalized spacial score (nSPS) is 24.3. The van der Waals surface area contributed by atoms with Gasteiger partial charge in [-0.3, -0.25) is 10.8 Å². The molecule has 1 saturated heterocycles. The minimum absolute atomic E-state index is 0.0777. The van der Waals surface area contributed by atoms with Crippen molar-refractivity contribution in [2.45, 2.75) is 5.92 Å². The average Bonchev–Trinajstić information content (AvgIpc) is 2.53. The van der Waals surface area contributed by atoms with E-state index in [0.717, 1.165) is 11.8 Å². The molecule has 1 aliphatic heterocycles. The van der Waals surface area contributed by atoms with Crippen LogP contribution in [-0.4, -0.2) is 24.3 Å². The molecule has 22 heavy (non-hydrogen) atoms. The van der Waals surface area contributed by atoms with Crippen LogP contribution in [0.2, 0.25) is 0 Å². The lowest BCUT2D eigenvalue weighted by atomic mass is 9.77. The van der Waals surface area contributed by atoms with Crippen LogP contribution in [0.1, 0.15) is 11.5 Å². The smallest absolute Gasteiger partial charge is 0.122 e. The van der Waals surface area contributed by atoms with E-state index in [-0.39, 0.29) is 10.1 Å². The van der Waals surface area contributed by atoms with Crippen LogP contribution in [0.15, 0.2) is 18.2 Å². The van der Waals surface area contributed by atoms with Gasteiger partial charge in [0.15, 0.2) is 0 Å². The van der Waals surface area contributed by atoms with Gasteiger partial charge in [-0.2, -0.15) is 10.5 Å². The molecular formula is C15H14N4O2S. The lowest BCUT2D eigenvalue weighted by molar-refractivity contribution is 0.390. The molecule has 0 saturated carbocycles. The highest BCUT2D eigenvalue weighted by atomic mass is 32.2. The molecule has 1 aliphatic rings. The molecule has 0 spiro atoms. The van der Waals surface area contributed by atoms with Gasteiger partial charge in [-0.15, -0.1) is 0 Å². The maximum atomic E-state index is 9.43. The summed E-state index contributed by atoms with van der Waals surface area (Å²) in [4.78, 5) is 0. The van der Waals surface area contributed by atoms with Crippen LogP contribution < -0.4 is 9.47 Å². The fraction of sp³-hybridized carbons (Fsp3) is 0.333. The van der Waals surface area contributed by atoms with Crippen LogP contribution in [0.25, 0.3) is 0 Å². The molecule has 0 radical (unpaired) electrons. The molecule has 0 amide bonds. The van der Waals surface area contributed by atoms with Crippen LogP contribution >= 0.6 is 11.8 Å². The Morgan fingerprint density at radius 1 is 1.05 bits per heavy atom. The molecule has 2 atom stereocenters. The lowest BCUT2D eigenvalue weighted by Gasteiger charge is -2.32. The maximum absolute atomic E-state index is 9.43. The topological polar surface area (TPSA) is 114 Å². The van der Waals surface area contributed by atoms with Crippen molar-refractivity contribution < 1.29 is 9.47 Å². The molecule has 0 bridgehead atoms. The minimum atomic E-state index is -0.787. The van der Waals surface area contributed by atoms with Gasteiger partial charge >= 0.3 is 0 Å². The Balaban J connectivity index is 2.64. The molecule has 1 aromatic rings. The zero-order valence-electron chi connectivity index (χ0n) is 12.1. The first-order valence-corrected chi connectivity index (χ1v) is 7.24. The Labute approximate surface area is 132 Å². The summed E-state index contributed by atoms with van der Waals surface area (Å²) in [7, 11) is 3.03. The van der Waals surface area contributed by atoms with E-state index >= 15 is 0 Å². The van der Waals surface area contributed by atoms with Gasteiger partial charge in [0.05, 0.1) is 36.4 Å². The highest BCUT2D eigenvalue weighted by Gasteiger charge is 2.43. The summed E-state index contributed by atoms with van der Waals surface area (Å²) >= 11 is 0.878. The molecule has 7 heteroatoms. The van der Waals surface area contributed by atoms with Gasteiger partial charge in [-0.25, -0.2) is 0 Å². The zero-order valence-corrected chi connectivity index (χ0v) is 12.9. The fourth-order valence-corrected chi connectivity index (χ4v) is 3.39. The second kappa shape index (κ2) is 6.50. The highest BCUT2D eigenvalue weighted by molar-refractivity contribution is 8.26. The fourth-order valence-electron chi connectivity index (χ4n) is 2.50. The number of nitrogens with one attached hydrogen (secondary N) is 2. The summed E-state index contributed by atoms with van der Waals surface area (Å²) in [5, 5.41) is 34.9. The molecular weight excluding hydrogens is 300 g/mol. The maximum Gasteiger partial charge on any atom is 0.122 e. The van der Waals surface area contributed by atoms with Crippen molar-refractivity contribution in [3.63, 3.8) is 0 Å². The van der Waals surface area contributed by atoms with Crippen LogP contribution in [0.4, 0.5) is 0 Å². The number of nitrogens with zero attached hydrogens (tertiary/aromatic N) is 2. The molecule has 0 aliphatic carbocycles. The first kappa shape index (κ1) is 15.9. The number of ether oxygens (including phenoxy) is 2. The summed E-state index contributed by atoms with van der Waals surface area (Å²) in [6.45, 7) is 0. The third-order valence-electron chi connectivity index (χ3n) is 3.58. The van der Waals surface area contributed by atoms with E-state index in [1.54, 1.807) is 18.2 Å². The Hall–Kier alpha value is -2.51. The average molecular weight is 314 g/mol.